The van der Waals surface area contributed by atoms with Crippen molar-refractivity contribution in [2.24, 2.45) is 5.73 Å². The van der Waals surface area contributed by atoms with Gasteiger partial charge in [-0.05, 0) is 0 Å². The molecule has 0 fully saturated rings. The lowest BCUT2D eigenvalue weighted by molar-refractivity contribution is 0.509. The molecule has 8 heteroatoms. The molecule has 0 saturated carbocycles. The summed E-state index contributed by atoms with van der Waals surface area (Å²) >= 11 is 0. The van der Waals surface area contributed by atoms with Gasteiger partial charge in [-0.15, -0.1) is 10.2 Å². The third-order valence-corrected chi connectivity index (χ3v) is 1.53. The first-order chi connectivity index (χ1) is 7.38. The van der Waals surface area contributed by atoms with Crippen LogP contribution in [0.4, 0.5) is 12.0 Å². The first-order valence-electron chi connectivity index (χ1n) is 4.31. The number of nitrogens with one attached hydrogen (secondary N) is 1. The molecule has 0 bridgehead atoms. The summed E-state index contributed by atoms with van der Waals surface area (Å²) in [6.07, 6.45) is 3.52. The normalized spacial score (nSPS) is 10.2. The second-order valence-corrected chi connectivity index (χ2v) is 2.63. The number of aromatic nitrogens is 5. The van der Waals surface area contributed by atoms with E-state index in [1.807, 2.05) is 0 Å². The van der Waals surface area contributed by atoms with Crippen LogP contribution in [-0.2, 0) is 6.42 Å². The van der Waals surface area contributed by atoms with Crippen molar-refractivity contribution < 1.29 is 4.42 Å². The fourth-order valence-electron chi connectivity index (χ4n) is 0.929. The van der Waals surface area contributed by atoms with Crippen LogP contribution in [0.15, 0.2) is 16.8 Å². The Hall–Kier alpha value is -2.09. The smallest absolute Gasteiger partial charge is 0.322 e. The molecule has 2 rings (SSSR count). The Kier molecular flexibility index (Phi) is 2.79. The van der Waals surface area contributed by atoms with Gasteiger partial charge in [0, 0.05) is 13.0 Å². The molecule has 0 saturated heterocycles. The van der Waals surface area contributed by atoms with Gasteiger partial charge in [0.2, 0.25) is 5.89 Å². The van der Waals surface area contributed by atoms with Crippen molar-refractivity contribution in [1.82, 2.24) is 25.4 Å². The van der Waals surface area contributed by atoms with E-state index in [1.165, 1.54) is 12.4 Å². The van der Waals surface area contributed by atoms with E-state index in [2.05, 4.69) is 30.7 Å². The Morgan fingerprint density at radius 2 is 2.20 bits per heavy atom. The summed E-state index contributed by atoms with van der Waals surface area (Å²) in [6, 6.07) is 0.228. The molecule has 0 aliphatic heterocycles. The molecule has 15 heavy (non-hydrogen) atoms. The molecule has 0 unspecified atom stereocenters. The lowest BCUT2D eigenvalue weighted by atomic mass is 10.4. The van der Waals surface area contributed by atoms with Gasteiger partial charge in [-0.3, -0.25) is 5.32 Å². The first-order valence-corrected chi connectivity index (χ1v) is 4.31. The maximum atomic E-state index is 5.34. The summed E-state index contributed by atoms with van der Waals surface area (Å²) in [5, 5.41) is 17.6. The minimum atomic E-state index is 0.228. The molecule has 78 valence electrons. The average Bonchev–Trinajstić information content (AvgIpc) is 2.68. The molecule has 8 nitrogen and oxygen atoms in total. The van der Waals surface area contributed by atoms with E-state index in [0.29, 0.717) is 24.8 Å². The van der Waals surface area contributed by atoms with Gasteiger partial charge in [-0.25, -0.2) is 4.98 Å². The van der Waals surface area contributed by atoms with E-state index < -0.39 is 0 Å². The zero-order valence-corrected chi connectivity index (χ0v) is 7.79. The summed E-state index contributed by atoms with van der Waals surface area (Å²) in [5.74, 6) is 0.782. The van der Waals surface area contributed by atoms with Crippen LogP contribution in [0.2, 0.25) is 0 Å². The van der Waals surface area contributed by atoms with Crippen LogP contribution in [0.5, 0.6) is 0 Å². The molecule has 0 atom stereocenters. The van der Waals surface area contributed by atoms with Gasteiger partial charge < -0.3 is 10.2 Å². The van der Waals surface area contributed by atoms with Crippen LogP contribution in [0, 0.1) is 0 Å². The highest BCUT2D eigenvalue weighted by Gasteiger charge is 2.06. The third kappa shape index (κ3) is 2.44. The average molecular weight is 207 g/mol. The second kappa shape index (κ2) is 4.42. The second-order valence-electron chi connectivity index (χ2n) is 2.63. The molecular formula is C7H9N7O. The van der Waals surface area contributed by atoms with E-state index in [4.69, 9.17) is 10.2 Å². The van der Waals surface area contributed by atoms with Gasteiger partial charge in [-0.2, -0.15) is 5.10 Å². The Morgan fingerprint density at radius 3 is 2.93 bits per heavy atom. The Bertz CT molecular complexity index is 414. The van der Waals surface area contributed by atoms with E-state index in [-0.39, 0.29) is 6.01 Å². The molecule has 2 heterocycles. The topological polar surface area (TPSA) is 116 Å². The van der Waals surface area contributed by atoms with Crippen molar-refractivity contribution in [1.29, 1.82) is 0 Å². The van der Waals surface area contributed by atoms with Crippen molar-refractivity contribution in [3.05, 3.63) is 18.3 Å². The lowest BCUT2D eigenvalue weighted by Crippen LogP contribution is -2.02. The number of anilines is 2. The quantitative estimate of drug-likeness (QED) is 0.689. The molecule has 2 aromatic heterocycles. The predicted octanol–water partition coefficient (Wildman–Crippen LogP) is -0.501. The summed E-state index contributed by atoms with van der Waals surface area (Å²) in [5.41, 5.74) is 5.34. The van der Waals surface area contributed by atoms with Crippen molar-refractivity contribution in [3.63, 3.8) is 0 Å². The minimum Gasteiger partial charge on any atom is -0.408 e. The predicted molar refractivity (Wildman–Crippen MR) is 50.2 cm³/mol. The maximum absolute atomic E-state index is 5.34. The Morgan fingerprint density at radius 1 is 1.27 bits per heavy atom. The highest BCUT2D eigenvalue weighted by Crippen LogP contribution is 2.09. The number of hydrogen-bond acceptors (Lipinski definition) is 8. The van der Waals surface area contributed by atoms with Crippen molar-refractivity contribution in [2.45, 2.75) is 6.42 Å². The fourth-order valence-corrected chi connectivity index (χ4v) is 0.929. The first kappa shape index (κ1) is 9.46. The van der Waals surface area contributed by atoms with Gasteiger partial charge in [0.15, 0.2) is 0 Å². The number of nitrogens with two attached hydrogens (primary N) is 1. The molecule has 2 aromatic rings. The molecule has 3 N–H and O–H groups in total. The standard InChI is InChI=1S/C7H9N7O/c8-2-1-5-12-14-7(15-5)11-6-9-3-4-10-13-6/h3-4H,1-2,8H2,(H,9,11,13,14). The summed E-state index contributed by atoms with van der Waals surface area (Å²) in [4.78, 5) is 3.89. The van der Waals surface area contributed by atoms with E-state index in [1.54, 1.807) is 0 Å². The Balaban J connectivity index is 2.05. The molecule has 0 aliphatic carbocycles. The van der Waals surface area contributed by atoms with Crippen molar-refractivity contribution in [3.8, 4) is 0 Å². The van der Waals surface area contributed by atoms with Gasteiger partial charge in [-0.1, -0.05) is 5.10 Å². The van der Waals surface area contributed by atoms with Gasteiger partial charge in [0.05, 0.1) is 12.4 Å². The molecule has 0 radical (unpaired) electrons. The summed E-state index contributed by atoms with van der Waals surface area (Å²) < 4.78 is 5.21. The van der Waals surface area contributed by atoms with Crippen LogP contribution >= 0.6 is 0 Å². The monoisotopic (exact) mass is 207 g/mol. The van der Waals surface area contributed by atoms with Gasteiger partial charge in [0.1, 0.15) is 0 Å². The molecule has 0 spiro atoms. The zero-order valence-electron chi connectivity index (χ0n) is 7.79. The maximum Gasteiger partial charge on any atom is 0.322 e. The largest absolute Gasteiger partial charge is 0.408 e. The zero-order chi connectivity index (χ0) is 10.5. The van der Waals surface area contributed by atoms with Gasteiger partial charge >= 0.3 is 6.01 Å². The fraction of sp³-hybridized carbons (Fsp3) is 0.286. The number of rotatable bonds is 4. The summed E-state index contributed by atoms with van der Waals surface area (Å²) in [7, 11) is 0. The van der Waals surface area contributed by atoms with Crippen LogP contribution in [0.25, 0.3) is 0 Å². The van der Waals surface area contributed by atoms with Crippen LogP contribution in [0.1, 0.15) is 5.89 Å². The number of hydrogen-bond donors (Lipinski definition) is 2. The van der Waals surface area contributed by atoms with Crippen molar-refractivity contribution in [2.75, 3.05) is 11.9 Å². The van der Waals surface area contributed by atoms with Crippen LogP contribution < -0.4 is 11.1 Å². The Labute approximate surface area is 84.9 Å². The highest BCUT2D eigenvalue weighted by atomic mass is 16.4. The van der Waals surface area contributed by atoms with E-state index in [0.717, 1.165) is 0 Å². The van der Waals surface area contributed by atoms with Crippen LogP contribution in [-0.4, -0.2) is 31.9 Å². The molecule has 0 aliphatic rings. The SMILES string of the molecule is NCCc1nnc(Nc2nccnn2)o1. The minimum absolute atomic E-state index is 0.228. The molecule has 0 aromatic carbocycles. The lowest BCUT2D eigenvalue weighted by Gasteiger charge is -1.95. The molecule has 0 amide bonds. The summed E-state index contributed by atoms with van der Waals surface area (Å²) in [6.45, 7) is 0.463. The van der Waals surface area contributed by atoms with Gasteiger partial charge in [0.25, 0.3) is 5.95 Å². The van der Waals surface area contributed by atoms with E-state index in [9.17, 15) is 0 Å². The van der Waals surface area contributed by atoms with E-state index >= 15 is 0 Å². The van der Waals surface area contributed by atoms with Crippen LogP contribution in [0.3, 0.4) is 0 Å². The number of nitrogens with zero attached hydrogens (tertiary/aromatic N) is 5. The van der Waals surface area contributed by atoms with Crippen molar-refractivity contribution >= 4 is 12.0 Å². The third-order valence-electron chi connectivity index (χ3n) is 1.53. The highest BCUT2D eigenvalue weighted by molar-refractivity contribution is 5.37. The molecular weight excluding hydrogens is 198 g/mol.